The lowest BCUT2D eigenvalue weighted by molar-refractivity contribution is 0.184. The highest BCUT2D eigenvalue weighted by Gasteiger charge is 2.33. The third-order valence-electron chi connectivity index (χ3n) is 3.06. The third-order valence-corrected chi connectivity index (χ3v) is 5.19. The van der Waals surface area contributed by atoms with E-state index in [-0.39, 0.29) is 12.0 Å². The van der Waals surface area contributed by atoms with E-state index in [1.807, 2.05) is 6.92 Å². The van der Waals surface area contributed by atoms with Crippen LogP contribution in [0, 0.1) is 5.41 Å². The summed E-state index contributed by atoms with van der Waals surface area (Å²) >= 11 is 0. The number of hydrogen-bond donors (Lipinski definition) is 3. The van der Waals surface area contributed by atoms with E-state index >= 15 is 0 Å². The summed E-state index contributed by atoms with van der Waals surface area (Å²) in [6.45, 7) is 6.05. The summed E-state index contributed by atoms with van der Waals surface area (Å²) in [5, 5.41) is 0. The molecule has 7 nitrogen and oxygen atoms in total. The Labute approximate surface area is 112 Å². The van der Waals surface area contributed by atoms with Gasteiger partial charge >= 0.3 is 15.6 Å². The summed E-state index contributed by atoms with van der Waals surface area (Å²) < 4.78 is 30.1. The fraction of sp³-hybridized carbons (Fsp3) is 0.800. The van der Waals surface area contributed by atoms with Crippen LogP contribution < -0.4 is 0 Å². The highest BCUT2D eigenvalue weighted by molar-refractivity contribution is 7.60. The van der Waals surface area contributed by atoms with E-state index in [9.17, 15) is 9.13 Å². The lowest BCUT2D eigenvalue weighted by Crippen LogP contribution is -2.19. The standard InChI is InChI=1S/C10H20O7P2/c1-8-6-10(2,3)5-4-9(8)7-16-19(14,15)17-18(11,12)13/h4-7H2,1-3H3,(H,14,15)(H2,11,12,13). The van der Waals surface area contributed by atoms with Crippen LogP contribution in [-0.2, 0) is 18.0 Å². The van der Waals surface area contributed by atoms with Crippen molar-refractivity contribution in [2.75, 3.05) is 6.61 Å². The van der Waals surface area contributed by atoms with E-state index in [0.717, 1.165) is 30.4 Å². The monoisotopic (exact) mass is 314 g/mol. The van der Waals surface area contributed by atoms with E-state index in [1.165, 1.54) is 0 Å². The molecule has 1 aliphatic rings. The predicted octanol–water partition coefficient (Wildman–Crippen LogP) is 2.74. The van der Waals surface area contributed by atoms with Gasteiger partial charge in [-0.25, -0.2) is 9.13 Å². The Morgan fingerprint density at radius 2 is 1.84 bits per heavy atom. The highest BCUT2D eigenvalue weighted by Crippen LogP contribution is 2.57. The molecule has 0 saturated carbocycles. The molecule has 0 bridgehead atoms. The quantitative estimate of drug-likeness (QED) is 0.528. The minimum atomic E-state index is -5.05. The van der Waals surface area contributed by atoms with E-state index in [0.29, 0.717) is 0 Å². The molecule has 3 N–H and O–H groups in total. The molecule has 9 heteroatoms. The first-order valence-electron chi connectivity index (χ1n) is 5.82. The molecule has 1 atom stereocenters. The average Bonchev–Trinajstić information content (AvgIpc) is 2.10. The van der Waals surface area contributed by atoms with Crippen molar-refractivity contribution in [1.82, 2.24) is 0 Å². The summed E-state index contributed by atoms with van der Waals surface area (Å²) in [5.74, 6) is 0. The minimum absolute atomic E-state index is 0.157. The first-order chi connectivity index (χ1) is 8.40. The van der Waals surface area contributed by atoms with Crippen LogP contribution in [0.1, 0.15) is 40.0 Å². The lowest BCUT2D eigenvalue weighted by Gasteiger charge is -2.32. The molecule has 0 aliphatic heterocycles. The Bertz CT molecular complexity index is 462. The fourth-order valence-electron chi connectivity index (χ4n) is 2.15. The van der Waals surface area contributed by atoms with Crippen LogP contribution in [0.4, 0.5) is 0 Å². The summed E-state index contributed by atoms with van der Waals surface area (Å²) in [4.78, 5) is 26.1. The maximum Gasteiger partial charge on any atom is 0.481 e. The highest BCUT2D eigenvalue weighted by atomic mass is 31.3. The van der Waals surface area contributed by atoms with Crippen molar-refractivity contribution in [2.45, 2.75) is 40.0 Å². The van der Waals surface area contributed by atoms with Crippen LogP contribution in [0.3, 0.4) is 0 Å². The molecular formula is C10H20O7P2. The summed E-state index contributed by atoms with van der Waals surface area (Å²) in [5.41, 5.74) is 2.15. The van der Waals surface area contributed by atoms with Gasteiger partial charge in [0.1, 0.15) is 0 Å². The molecule has 0 aromatic carbocycles. The molecule has 1 aliphatic carbocycles. The van der Waals surface area contributed by atoms with Gasteiger partial charge in [0.15, 0.2) is 0 Å². The lowest BCUT2D eigenvalue weighted by atomic mass is 9.75. The topological polar surface area (TPSA) is 113 Å². The zero-order valence-electron chi connectivity index (χ0n) is 11.2. The molecule has 0 radical (unpaired) electrons. The van der Waals surface area contributed by atoms with Gasteiger partial charge in [-0.05, 0) is 37.2 Å². The zero-order valence-corrected chi connectivity index (χ0v) is 13.0. The van der Waals surface area contributed by atoms with Crippen LogP contribution in [0.2, 0.25) is 0 Å². The fourth-order valence-corrected chi connectivity index (χ4v) is 3.73. The van der Waals surface area contributed by atoms with Gasteiger partial charge in [0, 0.05) is 0 Å². The second kappa shape index (κ2) is 5.78. The molecule has 0 spiro atoms. The molecular weight excluding hydrogens is 294 g/mol. The molecule has 112 valence electrons. The molecule has 19 heavy (non-hydrogen) atoms. The van der Waals surface area contributed by atoms with Crippen molar-refractivity contribution < 1.29 is 32.6 Å². The van der Waals surface area contributed by atoms with Gasteiger partial charge in [0.2, 0.25) is 0 Å². The second-order valence-corrected chi connectivity index (χ2v) is 8.37. The molecule has 1 unspecified atom stereocenters. The molecule has 1 rings (SSSR count). The largest absolute Gasteiger partial charge is 0.481 e. The van der Waals surface area contributed by atoms with Gasteiger partial charge in [-0.1, -0.05) is 19.4 Å². The predicted molar refractivity (Wildman–Crippen MR) is 69.2 cm³/mol. The Kier molecular flexibility index (Phi) is 5.19. The molecule has 0 heterocycles. The van der Waals surface area contributed by atoms with E-state index in [4.69, 9.17) is 14.7 Å². The average molecular weight is 314 g/mol. The maximum atomic E-state index is 11.3. The van der Waals surface area contributed by atoms with Gasteiger partial charge in [-0.15, -0.1) is 0 Å². The Morgan fingerprint density at radius 3 is 2.32 bits per heavy atom. The van der Waals surface area contributed by atoms with Crippen LogP contribution in [0.25, 0.3) is 0 Å². The van der Waals surface area contributed by atoms with Crippen molar-refractivity contribution in [1.29, 1.82) is 0 Å². The second-order valence-electron chi connectivity index (χ2n) is 5.54. The van der Waals surface area contributed by atoms with Gasteiger partial charge in [-0.3, -0.25) is 4.52 Å². The SMILES string of the molecule is CC1=C(COP(=O)(O)OP(=O)(O)O)CCC(C)(C)C1. The molecule has 0 aromatic heterocycles. The van der Waals surface area contributed by atoms with Crippen LogP contribution in [0.15, 0.2) is 11.1 Å². The number of allylic oxidation sites excluding steroid dienone is 1. The third kappa shape index (κ3) is 6.32. The maximum absolute atomic E-state index is 11.3. The van der Waals surface area contributed by atoms with Crippen molar-refractivity contribution in [3.63, 3.8) is 0 Å². The minimum Gasteiger partial charge on any atom is -0.302 e. The van der Waals surface area contributed by atoms with Crippen molar-refractivity contribution in [3.05, 3.63) is 11.1 Å². The Morgan fingerprint density at radius 1 is 1.26 bits per heavy atom. The smallest absolute Gasteiger partial charge is 0.302 e. The molecule has 0 fully saturated rings. The Hall–Kier alpha value is -0.0000000000000000416. The normalized spacial score (nSPS) is 23.3. The van der Waals surface area contributed by atoms with Gasteiger partial charge < -0.3 is 14.7 Å². The zero-order chi connectivity index (χ0) is 14.9. The summed E-state index contributed by atoms with van der Waals surface area (Å²) in [6.07, 6.45) is 2.52. The van der Waals surface area contributed by atoms with Crippen LogP contribution in [0.5, 0.6) is 0 Å². The number of rotatable bonds is 5. The summed E-state index contributed by atoms with van der Waals surface area (Å²) in [6, 6.07) is 0. The molecule has 0 amide bonds. The van der Waals surface area contributed by atoms with Crippen LogP contribution >= 0.6 is 15.6 Å². The van der Waals surface area contributed by atoms with Crippen molar-refractivity contribution in [3.8, 4) is 0 Å². The van der Waals surface area contributed by atoms with Gasteiger partial charge in [-0.2, -0.15) is 4.31 Å². The number of hydrogen-bond acceptors (Lipinski definition) is 4. The van der Waals surface area contributed by atoms with E-state index in [2.05, 4.69) is 22.7 Å². The van der Waals surface area contributed by atoms with Crippen molar-refractivity contribution in [2.24, 2.45) is 5.41 Å². The van der Waals surface area contributed by atoms with E-state index in [1.54, 1.807) is 0 Å². The van der Waals surface area contributed by atoms with Crippen molar-refractivity contribution >= 4 is 15.6 Å². The first kappa shape index (κ1) is 17.1. The number of phosphoric ester groups is 1. The molecule has 0 aromatic rings. The Balaban J connectivity index is 2.63. The van der Waals surface area contributed by atoms with Gasteiger partial charge in [0.05, 0.1) is 6.61 Å². The first-order valence-corrected chi connectivity index (χ1v) is 8.85. The molecule has 0 saturated heterocycles. The van der Waals surface area contributed by atoms with Crippen LogP contribution in [-0.4, -0.2) is 21.3 Å². The number of phosphoric acid groups is 2. The van der Waals surface area contributed by atoms with E-state index < -0.39 is 15.6 Å². The summed E-state index contributed by atoms with van der Waals surface area (Å²) in [7, 11) is -9.78. The van der Waals surface area contributed by atoms with Gasteiger partial charge in [0.25, 0.3) is 0 Å².